The minimum absolute atomic E-state index is 0.168. The van der Waals surface area contributed by atoms with Crippen LogP contribution in [0.15, 0.2) is 47.3 Å². The van der Waals surface area contributed by atoms with Gasteiger partial charge < -0.3 is 9.30 Å². The number of hydrogen-bond acceptors (Lipinski definition) is 7. The van der Waals surface area contributed by atoms with E-state index in [2.05, 4.69) is 10.1 Å². The van der Waals surface area contributed by atoms with Gasteiger partial charge in [-0.25, -0.2) is 9.97 Å². The topological polar surface area (TPSA) is 109 Å². The SMILES string of the molecule is CCCOC1C(c2cn(C)c(=O)c3cnc(-c4cnn(C)c4)nc23)=CC(CC)=CC1=S(=O)=O. The molecule has 0 amide bonds. The van der Waals surface area contributed by atoms with Crippen molar-refractivity contribution in [3.05, 3.63) is 58.4 Å². The summed E-state index contributed by atoms with van der Waals surface area (Å²) >= 11 is 0. The molecule has 0 bridgehead atoms. The first-order valence-electron chi connectivity index (χ1n) is 10.7. The highest BCUT2D eigenvalue weighted by Crippen LogP contribution is 2.32. The van der Waals surface area contributed by atoms with Gasteiger partial charge in [-0.05, 0) is 30.1 Å². The zero-order chi connectivity index (χ0) is 23.7. The third-order valence-electron chi connectivity index (χ3n) is 5.49. The molecule has 0 saturated heterocycles. The van der Waals surface area contributed by atoms with Crippen LogP contribution in [0.5, 0.6) is 0 Å². The summed E-state index contributed by atoms with van der Waals surface area (Å²) in [5, 5.41) is 4.52. The van der Waals surface area contributed by atoms with Gasteiger partial charge >= 0.3 is 0 Å². The second-order valence-electron chi connectivity index (χ2n) is 7.88. The summed E-state index contributed by atoms with van der Waals surface area (Å²) in [6.45, 7) is 4.31. The lowest BCUT2D eigenvalue weighted by atomic mass is 9.90. The van der Waals surface area contributed by atoms with E-state index >= 15 is 0 Å². The molecule has 1 aliphatic carbocycles. The first kappa shape index (κ1) is 22.8. The van der Waals surface area contributed by atoms with Crippen molar-refractivity contribution < 1.29 is 13.2 Å². The predicted molar refractivity (Wildman–Crippen MR) is 127 cm³/mol. The maximum absolute atomic E-state index is 12.9. The van der Waals surface area contributed by atoms with Crippen LogP contribution in [0.3, 0.4) is 0 Å². The Labute approximate surface area is 192 Å². The van der Waals surface area contributed by atoms with Crippen molar-refractivity contribution in [3.8, 4) is 11.4 Å². The Kier molecular flexibility index (Phi) is 6.39. The highest BCUT2D eigenvalue weighted by molar-refractivity contribution is 7.73. The van der Waals surface area contributed by atoms with Crippen LogP contribution >= 0.6 is 0 Å². The highest BCUT2D eigenvalue weighted by atomic mass is 32.2. The Morgan fingerprint density at radius 3 is 2.55 bits per heavy atom. The van der Waals surface area contributed by atoms with Gasteiger partial charge in [0.2, 0.25) is 10.3 Å². The van der Waals surface area contributed by atoms with Gasteiger partial charge in [-0.3, -0.25) is 9.48 Å². The van der Waals surface area contributed by atoms with Crippen molar-refractivity contribution in [3.63, 3.8) is 0 Å². The van der Waals surface area contributed by atoms with E-state index in [1.807, 2.05) is 19.9 Å². The predicted octanol–water partition coefficient (Wildman–Crippen LogP) is 2.31. The number of nitrogens with zero attached hydrogens (tertiary/aromatic N) is 5. The Hall–Kier alpha value is -3.37. The Balaban J connectivity index is 2.02. The largest absolute Gasteiger partial charge is 0.368 e. The van der Waals surface area contributed by atoms with Gasteiger partial charge in [-0.2, -0.15) is 13.5 Å². The number of pyridine rings is 1. The second-order valence-corrected chi connectivity index (χ2v) is 8.82. The summed E-state index contributed by atoms with van der Waals surface area (Å²) in [6, 6.07) is 0. The van der Waals surface area contributed by atoms with Crippen LogP contribution in [0.2, 0.25) is 0 Å². The molecule has 10 heteroatoms. The highest BCUT2D eigenvalue weighted by Gasteiger charge is 2.29. The number of ether oxygens (including phenoxy) is 1. The van der Waals surface area contributed by atoms with E-state index < -0.39 is 16.4 Å². The molecule has 3 aromatic rings. The molecule has 33 heavy (non-hydrogen) atoms. The average Bonchev–Trinajstić information content (AvgIpc) is 3.25. The number of hydrogen-bond donors (Lipinski definition) is 0. The molecule has 0 spiro atoms. The molecule has 4 rings (SSSR count). The smallest absolute Gasteiger partial charge is 0.261 e. The summed E-state index contributed by atoms with van der Waals surface area (Å²) in [7, 11) is 0.985. The first-order chi connectivity index (χ1) is 15.8. The van der Waals surface area contributed by atoms with Gasteiger partial charge in [0, 0.05) is 44.9 Å². The van der Waals surface area contributed by atoms with E-state index in [-0.39, 0.29) is 10.4 Å². The summed E-state index contributed by atoms with van der Waals surface area (Å²) < 4.78 is 33.3. The molecule has 3 heterocycles. The Morgan fingerprint density at radius 1 is 1.12 bits per heavy atom. The molecule has 0 aromatic carbocycles. The second kappa shape index (κ2) is 9.24. The van der Waals surface area contributed by atoms with Crippen molar-refractivity contribution in [2.45, 2.75) is 32.8 Å². The van der Waals surface area contributed by atoms with E-state index in [1.54, 1.807) is 43.4 Å². The fraction of sp³-hybridized carbons (Fsp3) is 0.348. The molecule has 0 radical (unpaired) electrons. The lowest BCUT2D eigenvalue weighted by molar-refractivity contribution is 0.134. The Bertz CT molecular complexity index is 1490. The van der Waals surface area contributed by atoms with E-state index in [1.165, 1.54) is 10.8 Å². The van der Waals surface area contributed by atoms with Crippen molar-refractivity contribution in [2.75, 3.05) is 6.61 Å². The van der Waals surface area contributed by atoms with Crippen LogP contribution in [-0.4, -0.2) is 50.3 Å². The lowest BCUT2D eigenvalue weighted by Gasteiger charge is -2.25. The molecular weight excluding hydrogens is 442 g/mol. The van der Waals surface area contributed by atoms with Crippen LogP contribution in [-0.2, 0) is 29.1 Å². The molecule has 1 aliphatic rings. The van der Waals surface area contributed by atoms with E-state index in [4.69, 9.17) is 9.72 Å². The van der Waals surface area contributed by atoms with Gasteiger partial charge in [0.05, 0.1) is 22.7 Å². The number of aryl methyl sites for hydroxylation is 2. The minimum Gasteiger partial charge on any atom is -0.368 e. The van der Waals surface area contributed by atoms with Gasteiger partial charge in [0.15, 0.2) is 5.82 Å². The van der Waals surface area contributed by atoms with E-state index in [0.29, 0.717) is 46.5 Å². The normalized spacial score (nSPS) is 16.1. The minimum atomic E-state index is -2.46. The molecule has 9 nitrogen and oxygen atoms in total. The summed E-state index contributed by atoms with van der Waals surface area (Å²) in [6.07, 6.45) is 10.8. The summed E-state index contributed by atoms with van der Waals surface area (Å²) in [4.78, 5) is 22.1. The molecule has 172 valence electrons. The van der Waals surface area contributed by atoms with E-state index in [9.17, 15) is 13.2 Å². The van der Waals surface area contributed by atoms with Gasteiger partial charge in [-0.15, -0.1) is 0 Å². The quantitative estimate of drug-likeness (QED) is 0.512. The molecule has 3 aromatic heterocycles. The lowest BCUT2D eigenvalue weighted by Crippen LogP contribution is -2.30. The van der Waals surface area contributed by atoms with Crippen molar-refractivity contribution >= 4 is 31.6 Å². The van der Waals surface area contributed by atoms with E-state index in [0.717, 1.165) is 12.0 Å². The van der Waals surface area contributed by atoms with Crippen molar-refractivity contribution in [1.82, 2.24) is 24.3 Å². The number of fused-ring (bicyclic) bond motifs is 1. The molecule has 0 fully saturated rings. The molecule has 0 saturated carbocycles. The standard InChI is InChI=1S/C23H25N5O4S/c1-5-7-32-21-16(8-14(6-2)9-19(21)33(30)31)18-13-27(3)23(29)17-11-24-22(26-20(17)18)15-10-25-28(4)12-15/h8-13,21H,5-7H2,1-4H3. The third kappa shape index (κ3) is 4.31. The summed E-state index contributed by atoms with van der Waals surface area (Å²) in [5.74, 6) is 0.426. The molecule has 0 aliphatic heterocycles. The fourth-order valence-electron chi connectivity index (χ4n) is 3.83. The average molecular weight is 468 g/mol. The maximum Gasteiger partial charge on any atom is 0.261 e. The molecular formula is C23H25N5O4S. The molecule has 1 atom stereocenters. The maximum atomic E-state index is 12.9. The monoisotopic (exact) mass is 467 g/mol. The van der Waals surface area contributed by atoms with Crippen LogP contribution in [0.1, 0.15) is 32.3 Å². The number of rotatable bonds is 6. The molecule has 0 N–H and O–H groups in total. The van der Waals surface area contributed by atoms with Crippen LogP contribution < -0.4 is 5.56 Å². The third-order valence-corrected chi connectivity index (χ3v) is 6.21. The van der Waals surface area contributed by atoms with Crippen LogP contribution in [0, 0.1) is 0 Å². The number of allylic oxidation sites excluding steroid dienone is 2. The van der Waals surface area contributed by atoms with Gasteiger partial charge in [-0.1, -0.05) is 19.9 Å². The van der Waals surface area contributed by atoms with Gasteiger partial charge in [0.25, 0.3) is 5.56 Å². The molecule has 1 unspecified atom stereocenters. The van der Waals surface area contributed by atoms with Crippen molar-refractivity contribution in [1.29, 1.82) is 0 Å². The fourth-order valence-corrected chi connectivity index (χ4v) is 4.45. The zero-order valence-corrected chi connectivity index (χ0v) is 19.8. The Morgan fingerprint density at radius 2 is 1.91 bits per heavy atom. The van der Waals surface area contributed by atoms with Crippen LogP contribution in [0.25, 0.3) is 27.9 Å². The van der Waals surface area contributed by atoms with Crippen molar-refractivity contribution in [2.24, 2.45) is 14.1 Å². The number of aromatic nitrogens is 5. The zero-order valence-electron chi connectivity index (χ0n) is 18.9. The summed E-state index contributed by atoms with van der Waals surface area (Å²) in [5.41, 5.74) is 3.04. The van der Waals surface area contributed by atoms with Gasteiger partial charge in [0.1, 0.15) is 11.0 Å². The van der Waals surface area contributed by atoms with Crippen LogP contribution in [0.4, 0.5) is 0 Å². The first-order valence-corrected chi connectivity index (χ1v) is 11.8.